The van der Waals surface area contributed by atoms with Crippen LogP contribution in [0, 0.1) is 5.82 Å². The second kappa shape index (κ2) is 10.1. The maximum Gasteiger partial charge on any atom is 0.245 e. The van der Waals surface area contributed by atoms with Gasteiger partial charge in [-0.3, -0.25) is 14.5 Å². The molecular weight excluding hydrogens is 409 g/mol. The Bertz CT molecular complexity index is 939. The predicted molar refractivity (Wildman–Crippen MR) is 120 cm³/mol. The maximum absolute atomic E-state index is 13.5. The fourth-order valence-corrected chi connectivity index (χ4v) is 4.60. The summed E-state index contributed by atoms with van der Waals surface area (Å²) >= 11 is 0. The third-order valence-electron chi connectivity index (χ3n) is 6.20. The first-order valence-corrected chi connectivity index (χ1v) is 11.2. The van der Waals surface area contributed by atoms with Crippen LogP contribution in [0.3, 0.4) is 0 Å². The fraction of sp³-hybridized carbons (Fsp3) is 0.440. The number of hydrogen-bond donors (Lipinski definition) is 0. The van der Waals surface area contributed by atoms with Gasteiger partial charge in [0.25, 0.3) is 0 Å². The lowest BCUT2D eigenvalue weighted by atomic mass is 10.1. The molecule has 6 nitrogen and oxygen atoms in total. The minimum atomic E-state index is -0.535. The van der Waals surface area contributed by atoms with Crippen LogP contribution in [0.1, 0.15) is 25.3 Å². The van der Waals surface area contributed by atoms with Crippen LogP contribution in [0.15, 0.2) is 54.6 Å². The van der Waals surface area contributed by atoms with Gasteiger partial charge in [0.15, 0.2) is 0 Å². The molecule has 2 heterocycles. The van der Waals surface area contributed by atoms with Crippen LogP contribution < -0.4 is 4.74 Å². The van der Waals surface area contributed by atoms with Gasteiger partial charge in [-0.1, -0.05) is 36.4 Å². The van der Waals surface area contributed by atoms with Crippen molar-refractivity contribution >= 4 is 11.8 Å². The highest BCUT2D eigenvalue weighted by atomic mass is 19.1. The van der Waals surface area contributed by atoms with Crippen molar-refractivity contribution in [2.45, 2.75) is 38.5 Å². The van der Waals surface area contributed by atoms with Crippen molar-refractivity contribution in [2.75, 3.05) is 32.7 Å². The van der Waals surface area contributed by atoms with Crippen LogP contribution in [0.25, 0.3) is 0 Å². The molecule has 2 aromatic carbocycles. The molecule has 2 atom stereocenters. The molecule has 2 aliphatic rings. The Labute approximate surface area is 188 Å². The Morgan fingerprint density at radius 3 is 2.59 bits per heavy atom. The van der Waals surface area contributed by atoms with Crippen molar-refractivity contribution in [3.05, 3.63) is 66.0 Å². The molecule has 0 radical (unpaired) electrons. The van der Waals surface area contributed by atoms with Crippen molar-refractivity contribution in [1.82, 2.24) is 14.7 Å². The van der Waals surface area contributed by atoms with E-state index in [9.17, 15) is 14.0 Å². The van der Waals surface area contributed by atoms with Gasteiger partial charge in [0.2, 0.25) is 11.8 Å². The number of carbonyl (C=O) groups excluding carboxylic acids is 2. The molecule has 0 bridgehead atoms. The zero-order chi connectivity index (χ0) is 22.5. The van der Waals surface area contributed by atoms with Gasteiger partial charge in [0, 0.05) is 52.1 Å². The number of benzene rings is 2. The lowest BCUT2D eigenvalue weighted by Crippen LogP contribution is -2.48. The minimum Gasteiger partial charge on any atom is -0.488 e. The van der Waals surface area contributed by atoms with E-state index in [1.54, 1.807) is 17.0 Å². The van der Waals surface area contributed by atoms with Gasteiger partial charge in [0.05, 0.1) is 6.54 Å². The summed E-state index contributed by atoms with van der Waals surface area (Å²) in [6, 6.07) is 15.8. The third kappa shape index (κ3) is 5.46. The Balaban J connectivity index is 1.37. The molecule has 2 fully saturated rings. The summed E-state index contributed by atoms with van der Waals surface area (Å²) in [6.07, 6.45) is 0.976. The highest BCUT2D eigenvalue weighted by molar-refractivity contribution is 5.87. The second-order valence-corrected chi connectivity index (χ2v) is 8.56. The van der Waals surface area contributed by atoms with E-state index >= 15 is 0 Å². The molecule has 0 aromatic heterocycles. The molecule has 2 aromatic rings. The van der Waals surface area contributed by atoms with Crippen LogP contribution in [0.5, 0.6) is 5.75 Å². The van der Waals surface area contributed by atoms with Gasteiger partial charge >= 0.3 is 0 Å². The number of halogens is 1. The van der Waals surface area contributed by atoms with Gasteiger partial charge in [0.1, 0.15) is 23.7 Å². The monoisotopic (exact) mass is 439 g/mol. The molecule has 4 rings (SSSR count). The fourth-order valence-electron chi connectivity index (χ4n) is 4.60. The van der Waals surface area contributed by atoms with Gasteiger partial charge in [-0.25, -0.2) is 4.39 Å². The van der Waals surface area contributed by atoms with Gasteiger partial charge < -0.3 is 14.5 Å². The molecule has 2 aliphatic heterocycles. The van der Waals surface area contributed by atoms with E-state index in [0.29, 0.717) is 31.8 Å². The number of rotatable bonds is 5. The number of nitrogens with zero attached hydrogens (tertiary/aromatic N) is 3. The van der Waals surface area contributed by atoms with E-state index < -0.39 is 6.04 Å². The zero-order valence-electron chi connectivity index (χ0n) is 18.5. The minimum absolute atomic E-state index is 0.0212. The number of likely N-dealkylation sites (tertiary alicyclic amines) is 1. The number of carbonyl (C=O) groups is 2. The molecule has 32 heavy (non-hydrogen) atoms. The predicted octanol–water partition coefficient (Wildman–Crippen LogP) is 2.93. The Hall–Kier alpha value is -2.93. The number of hydrogen-bond acceptors (Lipinski definition) is 4. The first-order chi connectivity index (χ1) is 15.5. The lowest BCUT2D eigenvalue weighted by Gasteiger charge is -2.28. The van der Waals surface area contributed by atoms with Crippen molar-refractivity contribution < 1.29 is 18.7 Å². The molecule has 2 saturated heterocycles. The summed E-state index contributed by atoms with van der Waals surface area (Å²) in [7, 11) is 0. The lowest BCUT2D eigenvalue weighted by molar-refractivity contribution is -0.142. The molecule has 7 heteroatoms. The second-order valence-electron chi connectivity index (χ2n) is 8.56. The van der Waals surface area contributed by atoms with Crippen molar-refractivity contribution in [2.24, 2.45) is 0 Å². The summed E-state index contributed by atoms with van der Waals surface area (Å²) in [5.74, 6) is -0.125. The van der Waals surface area contributed by atoms with E-state index in [0.717, 1.165) is 26.1 Å². The van der Waals surface area contributed by atoms with E-state index in [1.165, 1.54) is 24.6 Å². The van der Waals surface area contributed by atoms with Crippen LogP contribution in [0.2, 0.25) is 0 Å². The summed E-state index contributed by atoms with van der Waals surface area (Å²) < 4.78 is 19.4. The van der Waals surface area contributed by atoms with Crippen LogP contribution in [0.4, 0.5) is 4.39 Å². The van der Waals surface area contributed by atoms with Crippen LogP contribution in [-0.4, -0.2) is 71.4 Å². The van der Waals surface area contributed by atoms with E-state index in [4.69, 9.17) is 4.74 Å². The summed E-state index contributed by atoms with van der Waals surface area (Å²) in [5.41, 5.74) is 1.27. The van der Waals surface area contributed by atoms with Crippen LogP contribution in [-0.2, 0) is 16.1 Å². The summed E-state index contributed by atoms with van der Waals surface area (Å²) in [5, 5.41) is 0. The SMILES string of the molecule is CC(=O)N1CC(Oc2cccc(F)c2)CC1C(=O)N1CCCN(Cc2ccccc2)CC1. The van der Waals surface area contributed by atoms with E-state index in [2.05, 4.69) is 17.0 Å². The van der Waals surface area contributed by atoms with Gasteiger partial charge in [-0.15, -0.1) is 0 Å². The van der Waals surface area contributed by atoms with Crippen LogP contribution >= 0.6 is 0 Å². The number of amides is 2. The van der Waals surface area contributed by atoms with Crippen molar-refractivity contribution in [3.8, 4) is 5.75 Å². The highest BCUT2D eigenvalue weighted by Gasteiger charge is 2.41. The van der Waals surface area contributed by atoms with E-state index in [1.807, 2.05) is 23.1 Å². The van der Waals surface area contributed by atoms with Crippen molar-refractivity contribution in [1.29, 1.82) is 0 Å². The first-order valence-electron chi connectivity index (χ1n) is 11.2. The highest BCUT2D eigenvalue weighted by Crippen LogP contribution is 2.25. The molecule has 0 saturated carbocycles. The average Bonchev–Trinajstić information content (AvgIpc) is 3.06. The molecule has 0 N–H and O–H groups in total. The Morgan fingerprint density at radius 2 is 1.84 bits per heavy atom. The van der Waals surface area contributed by atoms with Gasteiger partial charge in [-0.2, -0.15) is 0 Å². The molecule has 0 aliphatic carbocycles. The summed E-state index contributed by atoms with van der Waals surface area (Å²) in [6.45, 7) is 5.74. The largest absolute Gasteiger partial charge is 0.488 e. The smallest absolute Gasteiger partial charge is 0.245 e. The quantitative estimate of drug-likeness (QED) is 0.719. The molecule has 170 valence electrons. The average molecular weight is 440 g/mol. The standard InChI is InChI=1S/C25H30FN3O3/c1-19(30)29-18-23(32-22-10-5-9-21(26)15-22)16-24(29)25(31)28-12-6-11-27(13-14-28)17-20-7-3-2-4-8-20/h2-5,7-10,15,23-24H,6,11-14,16-18H2,1H3. The number of ether oxygens (including phenoxy) is 1. The normalized spacial score (nSPS) is 21.9. The molecule has 2 amide bonds. The summed E-state index contributed by atoms with van der Waals surface area (Å²) in [4.78, 5) is 31.5. The molecular formula is C25H30FN3O3. The topological polar surface area (TPSA) is 53.1 Å². The molecule has 2 unspecified atom stereocenters. The van der Waals surface area contributed by atoms with Gasteiger partial charge in [-0.05, 0) is 24.1 Å². The Morgan fingerprint density at radius 1 is 1.03 bits per heavy atom. The van der Waals surface area contributed by atoms with Crippen molar-refractivity contribution in [3.63, 3.8) is 0 Å². The Kier molecular flexibility index (Phi) is 7.05. The zero-order valence-corrected chi connectivity index (χ0v) is 18.5. The van der Waals surface area contributed by atoms with E-state index in [-0.39, 0.29) is 23.7 Å². The maximum atomic E-state index is 13.5. The third-order valence-corrected chi connectivity index (χ3v) is 6.20. The molecule has 0 spiro atoms. The first kappa shape index (κ1) is 22.3.